The van der Waals surface area contributed by atoms with Crippen LogP contribution in [0.25, 0.3) is 0 Å². The largest absolute Gasteiger partial charge is 0.346 e. The van der Waals surface area contributed by atoms with Crippen molar-refractivity contribution in [1.82, 2.24) is 20.0 Å². The monoisotopic (exact) mass is 328 g/mol. The van der Waals surface area contributed by atoms with Crippen LogP contribution in [-0.2, 0) is 11.3 Å². The highest BCUT2D eigenvalue weighted by molar-refractivity contribution is 9.10. The number of aryl methyl sites for hydroxylation is 1. The Hall–Kier alpha value is -1.37. The van der Waals surface area contributed by atoms with Crippen LogP contribution in [-0.4, -0.2) is 46.1 Å². The van der Waals surface area contributed by atoms with Crippen molar-refractivity contribution in [3.63, 3.8) is 0 Å². The Morgan fingerprint density at radius 2 is 2.37 bits per heavy atom. The fraction of sp³-hybridized carbons (Fsp3) is 0.583. The third-order valence-electron chi connectivity index (χ3n) is 3.27. The molecular weight excluding hydrogens is 312 g/mol. The molecule has 6 nitrogen and oxygen atoms in total. The maximum atomic E-state index is 12.3. The van der Waals surface area contributed by atoms with Crippen molar-refractivity contribution in [3.8, 4) is 0 Å². The summed E-state index contributed by atoms with van der Waals surface area (Å²) >= 11 is 3.34. The Morgan fingerprint density at radius 1 is 1.63 bits per heavy atom. The Kier molecular flexibility index (Phi) is 4.24. The molecule has 0 aromatic carbocycles. The van der Waals surface area contributed by atoms with Gasteiger partial charge in [0, 0.05) is 32.6 Å². The second-order valence-electron chi connectivity index (χ2n) is 4.64. The molecule has 0 bridgehead atoms. The first kappa shape index (κ1) is 14.0. The molecule has 1 saturated heterocycles. The summed E-state index contributed by atoms with van der Waals surface area (Å²) in [4.78, 5) is 25.3. The van der Waals surface area contributed by atoms with Gasteiger partial charge in [-0.2, -0.15) is 5.10 Å². The summed E-state index contributed by atoms with van der Waals surface area (Å²) in [5.74, 6) is -0.0238. The highest BCUT2D eigenvalue weighted by Gasteiger charge is 2.26. The van der Waals surface area contributed by atoms with Gasteiger partial charge in [0.25, 0.3) is 5.91 Å². The molecule has 0 unspecified atom stereocenters. The standard InChI is InChI=1S/C12H17BrN4O2/c1-3-17-11(9(13)6-14-17)12(19)15-8-4-5-10(18)16(2)7-8/h6,8H,3-5,7H2,1-2H3,(H,15,19)/t8-/m0/s1. The number of nitrogens with zero attached hydrogens (tertiary/aromatic N) is 3. The molecule has 19 heavy (non-hydrogen) atoms. The molecule has 0 saturated carbocycles. The summed E-state index contributed by atoms with van der Waals surface area (Å²) in [5.41, 5.74) is 0.530. The molecular formula is C12H17BrN4O2. The van der Waals surface area contributed by atoms with Gasteiger partial charge in [-0.1, -0.05) is 0 Å². The topological polar surface area (TPSA) is 67.2 Å². The van der Waals surface area contributed by atoms with Crippen molar-refractivity contribution >= 4 is 27.7 Å². The second kappa shape index (κ2) is 5.73. The third kappa shape index (κ3) is 2.97. The normalized spacial score (nSPS) is 19.6. The van der Waals surface area contributed by atoms with Crippen molar-refractivity contribution in [3.05, 3.63) is 16.4 Å². The number of amides is 2. The van der Waals surface area contributed by atoms with Crippen molar-refractivity contribution in [1.29, 1.82) is 0 Å². The number of carbonyl (C=O) groups excluding carboxylic acids is 2. The Balaban J connectivity index is 2.05. The summed E-state index contributed by atoms with van der Waals surface area (Å²) in [6.07, 6.45) is 2.79. The lowest BCUT2D eigenvalue weighted by atomic mass is 10.1. The summed E-state index contributed by atoms with van der Waals surface area (Å²) < 4.78 is 2.34. The smallest absolute Gasteiger partial charge is 0.271 e. The number of hydrogen-bond acceptors (Lipinski definition) is 3. The first-order chi connectivity index (χ1) is 9.02. The lowest BCUT2D eigenvalue weighted by molar-refractivity contribution is -0.132. The van der Waals surface area contributed by atoms with Gasteiger partial charge >= 0.3 is 0 Å². The molecule has 1 aromatic heterocycles. The summed E-state index contributed by atoms with van der Waals surface area (Å²) in [6, 6.07) is 0.00214. The van der Waals surface area contributed by atoms with Gasteiger partial charge in [-0.05, 0) is 29.3 Å². The minimum Gasteiger partial charge on any atom is -0.346 e. The maximum absolute atomic E-state index is 12.3. The molecule has 1 aliphatic heterocycles. The molecule has 1 aromatic rings. The average Bonchev–Trinajstić information content (AvgIpc) is 2.75. The number of nitrogens with one attached hydrogen (secondary N) is 1. The van der Waals surface area contributed by atoms with E-state index in [1.165, 1.54) is 0 Å². The van der Waals surface area contributed by atoms with Crippen LogP contribution in [0.1, 0.15) is 30.3 Å². The van der Waals surface area contributed by atoms with Crippen LogP contribution in [0.3, 0.4) is 0 Å². The molecule has 1 aliphatic rings. The van der Waals surface area contributed by atoms with Crippen LogP contribution in [0.2, 0.25) is 0 Å². The van der Waals surface area contributed by atoms with E-state index in [1.54, 1.807) is 22.8 Å². The van der Waals surface area contributed by atoms with Crippen LogP contribution in [0.5, 0.6) is 0 Å². The van der Waals surface area contributed by atoms with Crippen molar-refractivity contribution < 1.29 is 9.59 Å². The number of rotatable bonds is 3. The molecule has 104 valence electrons. The van der Waals surface area contributed by atoms with E-state index in [0.717, 1.165) is 0 Å². The number of halogens is 1. The molecule has 0 spiro atoms. The summed E-state index contributed by atoms with van der Waals surface area (Å²) in [7, 11) is 1.76. The van der Waals surface area contributed by atoms with Crippen LogP contribution in [0.15, 0.2) is 10.7 Å². The second-order valence-corrected chi connectivity index (χ2v) is 5.49. The number of likely N-dealkylation sites (N-methyl/N-ethyl adjacent to an activating group) is 1. The van der Waals surface area contributed by atoms with E-state index in [-0.39, 0.29) is 17.9 Å². The van der Waals surface area contributed by atoms with Crippen molar-refractivity contribution in [2.45, 2.75) is 32.4 Å². The minimum atomic E-state index is -0.154. The number of carbonyl (C=O) groups is 2. The van der Waals surface area contributed by atoms with Gasteiger partial charge in [0.05, 0.1) is 10.7 Å². The first-order valence-electron chi connectivity index (χ1n) is 6.29. The Labute approximate surface area is 120 Å². The van der Waals surface area contributed by atoms with E-state index in [9.17, 15) is 9.59 Å². The lowest BCUT2D eigenvalue weighted by Gasteiger charge is -2.30. The Bertz CT molecular complexity index is 500. The molecule has 2 amide bonds. The van der Waals surface area contributed by atoms with Gasteiger partial charge in [0.1, 0.15) is 5.69 Å². The van der Waals surface area contributed by atoms with E-state index in [0.29, 0.717) is 36.1 Å². The average molecular weight is 329 g/mol. The predicted molar refractivity (Wildman–Crippen MR) is 73.7 cm³/mol. The maximum Gasteiger partial charge on any atom is 0.271 e. The van der Waals surface area contributed by atoms with Crippen LogP contribution in [0, 0.1) is 0 Å². The van der Waals surface area contributed by atoms with Crippen LogP contribution >= 0.6 is 15.9 Å². The summed E-state index contributed by atoms with van der Waals surface area (Å²) in [5, 5.41) is 7.08. The molecule has 0 radical (unpaired) electrons. The van der Waals surface area contributed by atoms with E-state index in [4.69, 9.17) is 0 Å². The van der Waals surface area contributed by atoms with Gasteiger partial charge in [-0.25, -0.2) is 0 Å². The number of likely N-dealkylation sites (tertiary alicyclic amines) is 1. The summed E-state index contributed by atoms with van der Waals surface area (Å²) in [6.45, 7) is 3.13. The van der Waals surface area contributed by atoms with Crippen molar-refractivity contribution in [2.24, 2.45) is 0 Å². The van der Waals surface area contributed by atoms with E-state index >= 15 is 0 Å². The van der Waals surface area contributed by atoms with E-state index < -0.39 is 0 Å². The van der Waals surface area contributed by atoms with E-state index in [1.807, 2.05) is 6.92 Å². The fourth-order valence-corrected chi connectivity index (χ4v) is 2.69. The van der Waals surface area contributed by atoms with Crippen LogP contribution < -0.4 is 5.32 Å². The zero-order chi connectivity index (χ0) is 14.0. The molecule has 1 atom stereocenters. The molecule has 1 fully saturated rings. The highest BCUT2D eigenvalue weighted by atomic mass is 79.9. The zero-order valence-corrected chi connectivity index (χ0v) is 12.6. The number of piperidine rings is 1. The van der Waals surface area contributed by atoms with Crippen molar-refractivity contribution in [2.75, 3.05) is 13.6 Å². The van der Waals surface area contributed by atoms with Crippen LogP contribution in [0.4, 0.5) is 0 Å². The van der Waals surface area contributed by atoms with Gasteiger partial charge in [0.2, 0.25) is 5.91 Å². The fourth-order valence-electron chi connectivity index (χ4n) is 2.21. The Morgan fingerprint density at radius 3 is 3.00 bits per heavy atom. The van der Waals surface area contributed by atoms with Gasteiger partial charge in [-0.15, -0.1) is 0 Å². The molecule has 2 heterocycles. The molecule has 2 rings (SSSR count). The predicted octanol–water partition coefficient (Wildman–Crippen LogP) is 1.02. The minimum absolute atomic E-state index is 0.00214. The highest BCUT2D eigenvalue weighted by Crippen LogP contribution is 2.17. The number of hydrogen-bond donors (Lipinski definition) is 1. The molecule has 7 heteroatoms. The third-order valence-corrected chi connectivity index (χ3v) is 3.85. The van der Waals surface area contributed by atoms with Gasteiger partial charge in [0.15, 0.2) is 0 Å². The lowest BCUT2D eigenvalue weighted by Crippen LogP contribution is -2.48. The quantitative estimate of drug-likeness (QED) is 0.900. The van der Waals surface area contributed by atoms with E-state index in [2.05, 4.69) is 26.3 Å². The first-order valence-corrected chi connectivity index (χ1v) is 7.08. The molecule has 1 N–H and O–H groups in total. The molecule has 0 aliphatic carbocycles. The van der Waals surface area contributed by atoms with Gasteiger partial charge < -0.3 is 10.2 Å². The number of aromatic nitrogens is 2. The van der Waals surface area contributed by atoms with Gasteiger partial charge in [-0.3, -0.25) is 14.3 Å². The zero-order valence-electron chi connectivity index (χ0n) is 11.0. The SMILES string of the molecule is CCn1ncc(Br)c1C(=O)N[C@H]1CCC(=O)N(C)C1.